The summed E-state index contributed by atoms with van der Waals surface area (Å²) in [6.07, 6.45) is 1.59. The van der Waals surface area contributed by atoms with Crippen LogP contribution in [0.25, 0.3) is 0 Å². The number of aryl methyl sites for hydroxylation is 2. The summed E-state index contributed by atoms with van der Waals surface area (Å²) in [5.74, 6) is -0.494. The van der Waals surface area contributed by atoms with Crippen molar-refractivity contribution < 1.29 is 14.0 Å². The number of hydrogen-bond donors (Lipinski definition) is 2. The number of carbonyl (C=O) groups is 2. The molecule has 0 aliphatic carbocycles. The van der Waals surface area contributed by atoms with Crippen LogP contribution in [0.15, 0.2) is 60.7 Å². The van der Waals surface area contributed by atoms with E-state index in [-0.39, 0.29) is 17.5 Å². The van der Waals surface area contributed by atoms with Crippen molar-refractivity contribution in [2.24, 2.45) is 0 Å². The van der Waals surface area contributed by atoms with Crippen LogP contribution >= 0.6 is 0 Å². The molecule has 0 saturated carbocycles. The Morgan fingerprint density at radius 3 is 2.33 bits per heavy atom. The van der Waals surface area contributed by atoms with Crippen molar-refractivity contribution in [2.45, 2.75) is 32.7 Å². The maximum absolute atomic E-state index is 14.0. The van der Waals surface area contributed by atoms with Gasteiger partial charge in [0.25, 0.3) is 11.8 Å². The number of amides is 2. The third-order valence-electron chi connectivity index (χ3n) is 5.90. The number of pyridine rings is 1. The van der Waals surface area contributed by atoms with Crippen molar-refractivity contribution >= 4 is 23.3 Å². The van der Waals surface area contributed by atoms with E-state index in [4.69, 9.17) is 0 Å². The molecule has 2 aromatic carbocycles. The van der Waals surface area contributed by atoms with Crippen molar-refractivity contribution in [1.29, 1.82) is 0 Å². The zero-order valence-electron chi connectivity index (χ0n) is 18.8. The summed E-state index contributed by atoms with van der Waals surface area (Å²) in [5, 5.41) is 5.83. The molecule has 2 amide bonds. The van der Waals surface area contributed by atoms with Crippen LogP contribution in [0.5, 0.6) is 0 Å². The fraction of sp³-hybridized carbons (Fsp3) is 0.269. The highest BCUT2D eigenvalue weighted by atomic mass is 19.1. The molecule has 2 N–H and O–H groups in total. The lowest BCUT2D eigenvalue weighted by Gasteiger charge is -2.33. The van der Waals surface area contributed by atoms with E-state index in [2.05, 4.69) is 20.5 Å². The van der Waals surface area contributed by atoms with Gasteiger partial charge >= 0.3 is 0 Å². The van der Waals surface area contributed by atoms with Crippen LogP contribution in [0.1, 0.15) is 44.8 Å². The fourth-order valence-corrected chi connectivity index (χ4v) is 4.07. The molecular formula is C26H27FN4O2. The molecule has 33 heavy (non-hydrogen) atoms. The topological polar surface area (TPSA) is 74.3 Å². The molecule has 0 bridgehead atoms. The van der Waals surface area contributed by atoms with Gasteiger partial charge in [-0.3, -0.25) is 9.59 Å². The van der Waals surface area contributed by atoms with E-state index in [0.717, 1.165) is 43.0 Å². The normalized spacial score (nSPS) is 14.1. The van der Waals surface area contributed by atoms with Gasteiger partial charge in [0, 0.05) is 24.8 Å². The zero-order valence-corrected chi connectivity index (χ0v) is 18.8. The van der Waals surface area contributed by atoms with Gasteiger partial charge in [-0.05, 0) is 62.6 Å². The maximum Gasteiger partial charge on any atom is 0.258 e. The van der Waals surface area contributed by atoms with Gasteiger partial charge in [-0.2, -0.15) is 0 Å². The van der Waals surface area contributed by atoms with Crippen LogP contribution in [-0.2, 0) is 0 Å². The molecular weight excluding hydrogens is 419 g/mol. The fourth-order valence-electron chi connectivity index (χ4n) is 4.07. The lowest BCUT2D eigenvalue weighted by molar-refractivity contribution is 0.0932. The molecule has 170 valence electrons. The van der Waals surface area contributed by atoms with E-state index >= 15 is 0 Å². The third kappa shape index (κ3) is 5.19. The highest BCUT2D eigenvalue weighted by Crippen LogP contribution is 2.24. The number of anilines is 2. The number of aromatic nitrogens is 1. The molecule has 3 aromatic rings. The van der Waals surface area contributed by atoms with E-state index in [9.17, 15) is 14.0 Å². The average molecular weight is 447 g/mol. The van der Waals surface area contributed by atoms with E-state index in [1.54, 1.807) is 31.2 Å². The molecule has 0 radical (unpaired) electrons. The van der Waals surface area contributed by atoms with E-state index in [1.165, 1.54) is 18.2 Å². The minimum Gasteiger partial charge on any atom is -0.356 e. The molecule has 1 saturated heterocycles. The second kappa shape index (κ2) is 9.81. The average Bonchev–Trinajstić information content (AvgIpc) is 2.81. The molecule has 1 aliphatic heterocycles. The molecule has 2 heterocycles. The van der Waals surface area contributed by atoms with E-state index in [0.29, 0.717) is 11.3 Å². The van der Waals surface area contributed by atoms with Crippen LogP contribution < -0.4 is 15.5 Å². The summed E-state index contributed by atoms with van der Waals surface area (Å²) in [7, 11) is 0. The first-order chi connectivity index (χ1) is 15.9. The summed E-state index contributed by atoms with van der Waals surface area (Å²) in [4.78, 5) is 32.6. The number of hydrogen-bond acceptors (Lipinski definition) is 4. The summed E-state index contributed by atoms with van der Waals surface area (Å²) in [5.41, 5.74) is 2.40. The van der Waals surface area contributed by atoms with Gasteiger partial charge in [-0.15, -0.1) is 0 Å². The number of nitrogens with one attached hydrogen (secondary N) is 2. The summed E-state index contributed by atoms with van der Waals surface area (Å²) in [6.45, 7) is 5.38. The first-order valence-electron chi connectivity index (χ1n) is 11.1. The Kier molecular flexibility index (Phi) is 6.68. The lowest BCUT2D eigenvalue weighted by atomic mass is 10.0. The molecule has 0 spiro atoms. The predicted molar refractivity (Wildman–Crippen MR) is 127 cm³/mol. The minimum atomic E-state index is -0.607. The number of nitrogens with zero attached hydrogens (tertiary/aromatic N) is 2. The first-order valence-corrected chi connectivity index (χ1v) is 11.1. The molecule has 1 fully saturated rings. The summed E-state index contributed by atoms with van der Waals surface area (Å²) >= 11 is 0. The molecule has 0 atom stereocenters. The highest BCUT2D eigenvalue weighted by Gasteiger charge is 2.24. The predicted octanol–water partition coefficient (Wildman–Crippen LogP) is 4.49. The zero-order chi connectivity index (χ0) is 23.4. The van der Waals surface area contributed by atoms with Crippen molar-refractivity contribution in [3.05, 3.63) is 88.9 Å². The van der Waals surface area contributed by atoms with Gasteiger partial charge in [0.1, 0.15) is 11.6 Å². The van der Waals surface area contributed by atoms with Gasteiger partial charge in [-0.25, -0.2) is 9.37 Å². The Morgan fingerprint density at radius 2 is 1.61 bits per heavy atom. The summed E-state index contributed by atoms with van der Waals surface area (Å²) < 4.78 is 14.0. The van der Waals surface area contributed by atoms with Crippen LogP contribution in [0.3, 0.4) is 0 Å². The van der Waals surface area contributed by atoms with Gasteiger partial charge in [0.2, 0.25) is 0 Å². The first kappa shape index (κ1) is 22.5. The summed E-state index contributed by atoms with van der Waals surface area (Å²) in [6, 6.07) is 17.0. The largest absolute Gasteiger partial charge is 0.356 e. The maximum atomic E-state index is 14.0. The number of carbonyl (C=O) groups excluding carboxylic acids is 2. The van der Waals surface area contributed by atoms with Crippen LogP contribution in [0.4, 0.5) is 15.9 Å². The number of piperidine rings is 1. The standard InChI is InChI=1S/C26H27FN4O2/c1-17-7-5-10-21(24(17)30-25(32)20-9-3-4-11-22(20)27)26(33)29-19-13-15-31(16-14-19)23-12-6-8-18(2)28-23/h3-12,19H,13-16H2,1-2H3,(H,29,33)(H,30,32). The Bertz CT molecular complexity index is 1170. The molecule has 7 heteroatoms. The van der Waals surface area contributed by atoms with Crippen LogP contribution in [-0.4, -0.2) is 35.9 Å². The van der Waals surface area contributed by atoms with E-state index in [1.807, 2.05) is 25.1 Å². The second-order valence-corrected chi connectivity index (χ2v) is 8.30. The number of benzene rings is 2. The number of halogens is 1. The van der Waals surface area contributed by atoms with Crippen LogP contribution in [0.2, 0.25) is 0 Å². The quantitative estimate of drug-likeness (QED) is 0.606. The molecule has 1 aromatic heterocycles. The number of rotatable bonds is 5. The van der Waals surface area contributed by atoms with Gasteiger partial charge in [-0.1, -0.05) is 30.3 Å². The Morgan fingerprint density at radius 1 is 0.909 bits per heavy atom. The van der Waals surface area contributed by atoms with E-state index < -0.39 is 11.7 Å². The van der Waals surface area contributed by atoms with Crippen LogP contribution in [0, 0.1) is 19.7 Å². The van der Waals surface area contributed by atoms with Gasteiger partial charge in [0.05, 0.1) is 16.8 Å². The van der Waals surface area contributed by atoms with Crippen molar-refractivity contribution in [2.75, 3.05) is 23.3 Å². The Labute approximate surface area is 192 Å². The van der Waals surface area contributed by atoms with Crippen molar-refractivity contribution in [3.63, 3.8) is 0 Å². The molecule has 0 unspecified atom stereocenters. The lowest BCUT2D eigenvalue weighted by Crippen LogP contribution is -2.45. The molecule has 6 nitrogen and oxygen atoms in total. The monoisotopic (exact) mass is 446 g/mol. The molecule has 1 aliphatic rings. The number of para-hydroxylation sites is 1. The smallest absolute Gasteiger partial charge is 0.258 e. The van der Waals surface area contributed by atoms with Crippen molar-refractivity contribution in [3.8, 4) is 0 Å². The highest BCUT2D eigenvalue weighted by molar-refractivity contribution is 6.09. The Hall–Kier alpha value is -3.74. The van der Waals surface area contributed by atoms with Crippen molar-refractivity contribution in [1.82, 2.24) is 10.3 Å². The minimum absolute atomic E-state index is 0.0224. The Balaban J connectivity index is 1.43. The molecule has 4 rings (SSSR count). The van der Waals surface area contributed by atoms with Gasteiger partial charge in [0.15, 0.2) is 0 Å². The SMILES string of the molecule is Cc1cccc(N2CCC(NC(=O)c3cccc(C)c3NC(=O)c3ccccc3F)CC2)n1. The second-order valence-electron chi connectivity index (χ2n) is 8.30. The third-order valence-corrected chi connectivity index (χ3v) is 5.90. The van der Waals surface area contributed by atoms with Gasteiger partial charge < -0.3 is 15.5 Å².